The summed E-state index contributed by atoms with van der Waals surface area (Å²) in [6, 6.07) is 8.53. The number of fused-ring (bicyclic) bond motifs is 1. The lowest BCUT2D eigenvalue weighted by molar-refractivity contribution is -0.145. The predicted octanol–water partition coefficient (Wildman–Crippen LogP) is 0.742. The molecule has 0 saturated heterocycles. The van der Waals surface area contributed by atoms with E-state index in [2.05, 4.69) is 29.6 Å². The maximum absolute atomic E-state index is 9.45. The zero-order valence-corrected chi connectivity index (χ0v) is 8.60. The van der Waals surface area contributed by atoms with Gasteiger partial charge in [0.1, 0.15) is 6.10 Å². The molecule has 1 heterocycles. The van der Waals surface area contributed by atoms with E-state index in [0.29, 0.717) is 0 Å². The van der Waals surface area contributed by atoms with Gasteiger partial charge in [-0.3, -0.25) is 0 Å². The van der Waals surface area contributed by atoms with Crippen molar-refractivity contribution in [3.63, 3.8) is 0 Å². The van der Waals surface area contributed by atoms with E-state index in [-0.39, 0.29) is 0 Å². The molecule has 0 spiro atoms. The van der Waals surface area contributed by atoms with Gasteiger partial charge in [0.15, 0.2) is 0 Å². The third kappa shape index (κ3) is 3.69. The summed E-state index contributed by atoms with van der Waals surface area (Å²) in [5.74, 6) is -1.19. The molecule has 0 aromatic heterocycles. The number of aliphatic hydroxyl groups excluding tert-OH is 1. The second kappa shape index (κ2) is 5.48. The second-order valence-corrected chi connectivity index (χ2v) is 3.39. The summed E-state index contributed by atoms with van der Waals surface area (Å²) in [7, 11) is 0. The Morgan fingerprint density at radius 2 is 1.73 bits per heavy atom. The van der Waals surface area contributed by atoms with Gasteiger partial charge in [0.05, 0.1) is 0 Å². The molecular weight excluding hydrogens is 194 g/mol. The zero-order chi connectivity index (χ0) is 11.3. The fraction of sp³-hybridized carbons (Fsp3) is 0.364. The average molecular weight is 209 g/mol. The Morgan fingerprint density at radius 3 is 2.07 bits per heavy atom. The van der Waals surface area contributed by atoms with E-state index in [1.165, 1.54) is 18.1 Å². The molecule has 0 aliphatic carbocycles. The Balaban J connectivity index is 0.000000167. The largest absolute Gasteiger partial charge is 0.479 e. The number of nitrogens with one attached hydrogen (secondary N) is 1. The molecule has 0 saturated carbocycles. The van der Waals surface area contributed by atoms with Crippen LogP contribution in [0.1, 0.15) is 18.1 Å². The average Bonchev–Trinajstić information content (AvgIpc) is 2.66. The van der Waals surface area contributed by atoms with E-state index in [1.54, 1.807) is 0 Å². The van der Waals surface area contributed by atoms with Crippen molar-refractivity contribution in [2.75, 3.05) is 0 Å². The third-order valence-corrected chi connectivity index (χ3v) is 2.11. The molecule has 4 heteroatoms. The first kappa shape index (κ1) is 11.7. The van der Waals surface area contributed by atoms with Gasteiger partial charge in [0.2, 0.25) is 0 Å². The van der Waals surface area contributed by atoms with Crippen LogP contribution in [0.3, 0.4) is 0 Å². The van der Waals surface area contributed by atoms with Crippen LogP contribution in [0.4, 0.5) is 0 Å². The van der Waals surface area contributed by atoms with E-state index in [4.69, 9.17) is 10.2 Å². The normalized spacial score (nSPS) is 14.8. The molecule has 15 heavy (non-hydrogen) atoms. The Labute approximate surface area is 88.6 Å². The molecular formula is C11H15NO3. The molecule has 0 radical (unpaired) electrons. The molecule has 0 amide bonds. The van der Waals surface area contributed by atoms with Crippen LogP contribution in [0.15, 0.2) is 24.3 Å². The number of aliphatic carboxylic acids is 1. The lowest BCUT2D eigenvalue weighted by atomic mass is 10.1. The minimum atomic E-state index is -1.23. The molecule has 3 N–H and O–H groups in total. The van der Waals surface area contributed by atoms with E-state index in [1.807, 2.05) is 0 Å². The molecule has 1 aromatic carbocycles. The van der Waals surface area contributed by atoms with Crippen molar-refractivity contribution >= 4 is 5.97 Å². The first-order valence-corrected chi connectivity index (χ1v) is 4.79. The molecule has 1 aliphatic heterocycles. The molecule has 82 valence electrons. The summed E-state index contributed by atoms with van der Waals surface area (Å²) in [5, 5.41) is 19.1. The van der Waals surface area contributed by atoms with Crippen LogP contribution in [-0.4, -0.2) is 22.3 Å². The van der Waals surface area contributed by atoms with Crippen LogP contribution in [0.25, 0.3) is 0 Å². The first-order valence-electron chi connectivity index (χ1n) is 4.79. The SMILES string of the molecule is CC(O)C(=O)O.c1ccc2c(c1)CNC2. The Bertz CT molecular complexity index is 313. The predicted molar refractivity (Wildman–Crippen MR) is 56.3 cm³/mol. The quantitative estimate of drug-likeness (QED) is 0.638. The number of carbonyl (C=O) groups is 1. The van der Waals surface area contributed by atoms with Crippen LogP contribution >= 0.6 is 0 Å². The number of hydrogen-bond donors (Lipinski definition) is 3. The highest BCUT2D eigenvalue weighted by atomic mass is 16.4. The standard InChI is InChI=1S/C8H9N.C3H6O3/c1-2-4-8-6-9-5-7(8)3-1;1-2(4)3(5)6/h1-4,9H,5-6H2;2,4H,1H3,(H,5,6). The number of carboxylic acid groups (broad SMARTS) is 1. The van der Waals surface area contributed by atoms with E-state index in [0.717, 1.165) is 13.1 Å². The van der Waals surface area contributed by atoms with Gasteiger partial charge < -0.3 is 15.5 Å². The summed E-state index contributed by atoms with van der Waals surface area (Å²) in [5.41, 5.74) is 2.91. The maximum atomic E-state index is 9.45. The highest BCUT2D eigenvalue weighted by Crippen LogP contribution is 2.12. The topological polar surface area (TPSA) is 69.6 Å². The molecule has 2 rings (SSSR count). The van der Waals surface area contributed by atoms with Gasteiger partial charge in [0.25, 0.3) is 0 Å². The van der Waals surface area contributed by atoms with Crippen molar-refractivity contribution in [3.8, 4) is 0 Å². The minimum absolute atomic E-state index is 1.05. The molecule has 1 aromatic rings. The van der Waals surface area contributed by atoms with E-state index in [9.17, 15) is 4.79 Å². The Morgan fingerprint density at radius 1 is 1.33 bits per heavy atom. The smallest absolute Gasteiger partial charge is 0.332 e. The summed E-state index contributed by atoms with van der Waals surface area (Å²) >= 11 is 0. The van der Waals surface area contributed by atoms with Crippen LogP contribution in [0.2, 0.25) is 0 Å². The summed E-state index contributed by atoms with van der Waals surface area (Å²) < 4.78 is 0. The van der Waals surface area contributed by atoms with Crippen LogP contribution in [0, 0.1) is 0 Å². The number of aliphatic hydroxyl groups is 1. The van der Waals surface area contributed by atoms with Gasteiger partial charge in [-0.25, -0.2) is 4.79 Å². The second-order valence-electron chi connectivity index (χ2n) is 3.39. The Kier molecular flexibility index (Phi) is 4.27. The van der Waals surface area contributed by atoms with Crippen molar-refractivity contribution in [1.29, 1.82) is 0 Å². The van der Waals surface area contributed by atoms with Gasteiger partial charge in [-0.05, 0) is 18.1 Å². The van der Waals surface area contributed by atoms with Crippen molar-refractivity contribution in [2.24, 2.45) is 0 Å². The summed E-state index contributed by atoms with van der Waals surface area (Å²) in [6.45, 7) is 3.30. The first-order chi connectivity index (χ1) is 7.11. The van der Waals surface area contributed by atoms with Crippen molar-refractivity contribution in [2.45, 2.75) is 26.1 Å². The molecule has 4 nitrogen and oxygen atoms in total. The third-order valence-electron chi connectivity index (χ3n) is 2.11. The molecule has 0 bridgehead atoms. The fourth-order valence-corrected chi connectivity index (χ4v) is 1.23. The highest BCUT2D eigenvalue weighted by molar-refractivity contribution is 5.71. The lowest BCUT2D eigenvalue weighted by Gasteiger charge is -1.91. The Hall–Kier alpha value is -1.39. The monoisotopic (exact) mass is 209 g/mol. The van der Waals surface area contributed by atoms with E-state index >= 15 is 0 Å². The minimum Gasteiger partial charge on any atom is -0.479 e. The van der Waals surface area contributed by atoms with Gasteiger partial charge in [-0.2, -0.15) is 0 Å². The number of hydrogen-bond acceptors (Lipinski definition) is 3. The van der Waals surface area contributed by atoms with Crippen LogP contribution in [-0.2, 0) is 17.9 Å². The van der Waals surface area contributed by atoms with E-state index < -0.39 is 12.1 Å². The van der Waals surface area contributed by atoms with Gasteiger partial charge in [-0.15, -0.1) is 0 Å². The number of benzene rings is 1. The number of rotatable bonds is 1. The molecule has 1 atom stereocenters. The highest BCUT2D eigenvalue weighted by Gasteiger charge is 2.06. The zero-order valence-electron chi connectivity index (χ0n) is 8.60. The lowest BCUT2D eigenvalue weighted by Crippen LogP contribution is -2.13. The number of carboxylic acids is 1. The van der Waals surface area contributed by atoms with Gasteiger partial charge in [0, 0.05) is 13.1 Å². The molecule has 0 fully saturated rings. The van der Waals surface area contributed by atoms with Crippen LogP contribution in [0.5, 0.6) is 0 Å². The summed E-state index contributed by atoms with van der Waals surface area (Å²) in [6.07, 6.45) is -1.23. The van der Waals surface area contributed by atoms with Gasteiger partial charge in [-0.1, -0.05) is 24.3 Å². The maximum Gasteiger partial charge on any atom is 0.332 e. The van der Waals surface area contributed by atoms with Gasteiger partial charge >= 0.3 is 5.97 Å². The molecule has 1 unspecified atom stereocenters. The van der Waals surface area contributed by atoms with Crippen LogP contribution < -0.4 is 5.32 Å². The van der Waals surface area contributed by atoms with Crippen molar-refractivity contribution in [3.05, 3.63) is 35.4 Å². The molecule has 1 aliphatic rings. The summed E-state index contributed by atoms with van der Waals surface area (Å²) in [4.78, 5) is 9.45. The van der Waals surface area contributed by atoms with Crippen molar-refractivity contribution < 1.29 is 15.0 Å². The fourth-order valence-electron chi connectivity index (χ4n) is 1.23. The van der Waals surface area contributed by atoms with Crippen molar-refractivity contribution in [1.82, 2.24) is 5.32 Å².